The molecule has 0 spiro atoms. The molecule has 1 unspecified atom stereocenters. The molecule has 1 amide bonds. The van der Waals surface area contributed by atoms with Crippen molar-refractivity contribution in [3.63, 3.8) is 0 Å². The smallest absolute Gasteiger partial charge is 0.243 e. The predicted molar refractivity (Wildman–Crippen MR) is 93.8 cm³/mol. The normalized spacial score (nSPS) is 12.5. The molecule has 0 saturated carbocycles. The molecule has 134 valence electrons. The summed E-state index contributed by atoms with van der Waals surface area (Å²) in [7, 11) is 3.39. The van der Waals surface area contributed by atoms with Crippen molar-refractivity contribution in [2.75, 3.05) is 33.7 Å². The fourth-order valence-electron chi connectivity index (χ4n) is 1.73. The van der Waals surface area contributed by atoms with E-state index in [2.05, 4.69) is 22.5 Å². The Kier molecular flexibility index (Phi) is 8.60. The van der Waals surface area contributed by atoms with Crippen molar-refractivity contribution in [2.45, 2.75) is 26.4 Å². The minimum absolute atomic E-state index is 0.0665. The molecule has 6 nitrogen and oxygen atoms in total. The molecule has 0 aliphatic rings. The SMILES string of the molecule is CCCNC(=NCC(=O)N(C)C)NCC(C)Oc1ccc(F)cc1. The highest BCUT2D eigenvalue weighted by Crippen LogP contribution is 2.12. The summed E-state index contributed by atoms with van der Waals surface area (Å²) >= 11 is 0. The van der Waals surface area contributed by atoms with E-state index in [0.29, 0.717) is 18.3 Å². The lowest BCUT2D eigenvalue weighted by molar-refractivity contribution is -0.127. The van der Waals surface area contributed by atoms with Crippen LogP contribution in [0.25, 0.3) is 0 Å². The fourth-order valence-corrected chi connectivity index (χ4v) is 1.73. The van der Waals surface area contributed by atoms with Gasteiger partial charge in [-0.2, -0.15) is 0 Å². The van der Waals surface area contributed by atoms with Gasteiger partial charge in [-0.1, -0.05) is 6.92 Å². The highest BCUT2D eigenvalue weighted by Gasteiger charge is 2.08. The molecule has 0 heterocycles. The number of aliphatic imine (C=N–C) groups is 1. The second-order valence-corrected chi connectivity index (χ2v) is 5.64. The zero-order valence-electron chi connectivity index (χ0n) is 14.8. The van der Waals surface area contributed by atoms with Gasteiger partial charge < -0.3 is 20.3 Å². The maximum atomic E-state index is 12.9. The third kappa shape index (κ3) is 7.80. The average Bonchev–Trinajstić information content (AvgIpc) is 2.55. The van der Waals surface area contributed by atoms with Crippen LogP contribution in [0.5, 0.6) is 5.75 Å². The monoisotopic (exact) mass is 338 g/mol. The van der Waals surface area contributed by atoms with Gasteiger partial charge in [0.05, 0.1) is 6.54 Å². The molecule has 0 aromatic heterocycles. The number of likely N-dealkylation sites (N-methyl/N-ethyl adjacent to an activating group) is 1. The molecule has 1 rings (SSSR count). The van der Waals surface area contributed by atoms with Gasteiger partial charge in [0.2, 0.25) is 5.91 Å². The first-order valence-corrected chi connectivity index (χ1v) is 8.07. The van der Waals surface area contributed by atoms with Crippen LogP contribution in [0.15, 0.2) is 29.3 Å². The predicted octanol–water partition coefficient (Wildman–Crippen LogP) is 1.63. The van der Waals surface area contributed by atoms with Crippen LogP contribution in [0.4, 0.5) is 4.39 Å². The molecule has 0 fully saturated rings. The zero-order chi connectivity index (χ0) is 17.9. The molecule has 1 aromatic rings. The maximum absolute atomic E-state index is 12.9. The number of amides is 1. The van der Waals surface area contributed by atoms with Gasteiger partial charge in [0.1, 0.15) is 24.2 Å². The molecule has 2 N–H and O–H groups in total. The van der Waals surface area contributed by atoms with Crippen LogP contribution in [-0.4, -0.2) is 56.6 Å². The molecule has 0 bridgehead atoms. The Bertz CT molecular complexity index is 532. The maximum Gasteiger partial charge on any atom is 0.243 e. The Morgan fingerprint density at radius 1 is 1.29 bits per heavy atom. The Morgan fingerprint density at radius 3 is 2.54 bits per heavy atom. The van der Waals surface area contributed by atoms with Crippen LogP contribution in [0.1, 0.15) is 20.3 Å². The first-order valence-electron chi connectivity index (χ1n) is 8.07. The first kappa shape index (κ1) is 19.7. The summed E-state index contributed by atoms with van der Waals surface area (Å²) < 4.78 is 18.6. The van der Waals surface area contributed by atoms with Gasteiger partial charge in [-0.3, -0.25) is 4.79 Å². The molecular formula is C17H27FN4O2. The molecule has 0 aliphatic carbocycles. The van der Waals surface area contributed by atoms with E-state index in [1.54, 1.807) is 26.2 Å². The van der Waals surface area contributed by atoms with E-state index in [1.807, 2.05) is 6.92 Å². The minimum atomic E-state index is -0.295. The quantitative estimate of drug-likeness (QED) is 0.558. The molecular weight excluding hydrogens is 311 g/mol. The van der Waals surface area contributed by atoms with Gasteiger partial charge in [0, 0.05) is 20.6 Å². The summed E-state index contributed by atoms with van der Waals surface area (Å²) in [6, 6.07) is 5.90. The van der Waals surface area contributed by atoms with Gasteiger partial charge >= 0.3 is 0 Å². The van der Waals surface area contributed by atoms with Gasteiger partial charge in [-0.25, -0.2) is 9.38 Å². The summed E-state index contributed by atoms with van der Waals surface area (Å²) in [5, 5.41) is 6.30. The number of rotatable bonds is 8. The van der Waals surface area contributed by atoms with Crippen LogP contribution in [-0.2, 0) is 4.79 Å². The standard InChI is InChI=1S/C17H27FN4O2/c1-5-10-19-17(21-12-16(23)22(3)4)20-11-13(2)24-15-8-6-14(18)7-9-15/h6-9,13H,5,10-12H2,1-4H3,(H2,19,20,21). The number of carbonyl (C=O) groups is 1. The molecule has 1 aromatic carbocycles. The van der Waals surface area contributed by atoms with E-state index in [9.17, 15) is 9.18 Å². The van der Waals surface area contributed by atoms with Crippen molar-refractivity contribution in [2.24, 2.45) is 4.99 Å². The second-order valence-electron chi connectivity index (χ2n) is 5.64. The molecule has 0 saturated heterocycles. The lowest BCUT2D eigenvalue weighted by atomic mass is 10.3. The van der Waals surface area contributed by atoms with Crippen LogP contribution in [0.2, 0.25) is 0 Å². The van der Waals surface area contributed by atoms with Crippen LogP contribution >= 0.6 is 0 Å². The number of hydrogen-bond acceptors (Lipinski definition) is 3. The third-order valence-electron chi connectivity index (χ3n) is 3.12. The number of halogens is 1. The Balaban J connectivity index is 2.51. The summed E-state index contributed by atoms with van der Waals surface area (Å²) in [5.41, 5.74) is 0. The number of guanidine groups is 1. The Labute approximate surface area is 143 Å². The molecule has 7 heteroatoms. The van der Waals surface area contributed by atoms with Crippen molar-refractivity contribution in [3.8, 4) is 5.75 Å². The summed E-state index contributed by atoms with van der Waals surface area (Å²) in [5.74, 6) is 0.815. The van der Waals surface area contributed by atoms with Gasteiger partial charge in [-0.05, 0) is 37.6 Å². The second kappa shape index (κ2) is 10.5. The zero-order valence-corrected chi connectivity index (χ0v) is 14.8. The van der Waals surface area contributed by atoms with E-state index in [4.69, 9.17) is 4.74 Å². The fraction of sp³-hybridized carbons (Fsp3) is 0.529. The van der Waals surface area contributed by atoms with E-state index in [-0.39, 0.29) is 24.4 Å². The van der Waals surface area contributed by atoms with Crippen molar-refractivity contribution in [1.82, 2.24) is 15.5 Å². The van der Waals surface area contributed by atoms with Crippen molar-refractivity contribution < 1.29 is 13.9 Å². The average molecular weight is 338 g/mol. The van der Waals surface area contributed by atoms with Crippen molar-refractivity contribution >= 4 is 11.9 Å². The molecule has 24 heavy (non-hydrogen) atoms. The number of nitrogens with one attached hydrogen (secondary N) is 2. The summed E-state index contributed by atoms with van der Waals surface area (Å²) in [6.07, 6.45) is 0.804. The highest BCUT2D eigenvalue weighted by molar-refractivity contribution is 5.84. The van der Waals surface area contributed by atoms with E-state index >= 15 is 0 Å². The number of hydrogen-bond donors (Lipinski definition) is 2. The lowest BCUT2D eigenvalue weighted by Crippen LogP contribution is -2.42. The Hall–Kier alpha value is -2.31. The highest BCUT2D eigenvalue weighted by atomic mass is 19.1. The van der Waals surface area contributed by atoms with E-state index in [0.717, 1.165) is 13.0 Å². The number of nitrogens with zero attached hydrogens (tertiary/aromatic N) is 2. The van der Waals surface area contributed by atoms with Gasteiger partial charge in [0.15, 0.2) is 5.96 Å². The van der Waals surface area contributed by atoms with Crippen molar-refractivity contribution in [1.29, 1.82) is 0 Å². The summed E-state index contributed by atoms with van der Waals surface area (Å²) in [4.78, 5) is 17.4. The third-order valence-corrected chi connectivity index (χ3v) is 3.12. The van der Waals surface area contributed by atoms with E-state index < -0.39 is 0 Å². The topological polar surface area (TPSA) is 66.0 Å². The summed E-state index contributed by atoms with van der Waals surface area (Å²) in [6.45, 7) is 5.30. The first-order chi connectivity index (χ1) is 11.4. The van der Waals surface area contributed by atoms with Crippen LogP contribution in [0, 0.1) is 5.82 Å². The van der Waals surface area contributed by atoms with Crippen LogP contribution < -0.4 is 15.4 Å². The number of carbonyl (C=O) groups excluding carboxylic acids is 1. The van der Waals surface area contributed by atoms with Gasteiger partial charge in [-0.15, -0.1) is 0 Å². The number of ether oxygens (including phenoxy) is 1. The lowest BCUT2D eigenvalue weighted by Gasteiger charge is -2.18. The Morgan fingerprint density at radius 2 is 1.96 bits per heavy atom. The van der Waals surface area contributed by atoms with Crippen molar-refractivity contribution in [3.05, 3.63) is 30.1 Å². The van der Waals surface area contributed by atoms with E-state index in [1.165, 1.54) is 17.0 Å². The molecule has 1 atom stereocenters. The molecule has 0 aliphatic heterocycles. The van der Waals surface area contributed by atoms with Gasteiger partial charge in [0.25, 0.3) is 0 Å². The van der Waals surface area contributed by atoms with Crippen LogP contribution in [0.3, 0.4) is 0 Å². The number of benzene rings is 1. The minimum Gasteiger partial charge on any atom is -0.489 e. The molecule has 0 radical (unpaired) electrons. The largest absolute Gasteiger partial charge is 0.489 e.